The van der Waals surface area contributed by atoms with Gasteiger partial charge in [-0.15, -0.1) is 11.3 Å². The van der Waals surface area contributed by atoms with Crippen molar-refractivity contribution in [3.8, 4) is 10.4 Å². The van der Waals surface area contributed by atoms with Crippen molar-refractivity contribution in [1.29, 1.82) is 0 Å². The Morgan fingerprint density at radius 2 is 2.27 bits per heavy atom. The normalized spacial score (nSPS) is 10.3. The molecule has 0 saturated carbocycles. The molecule has 0 radical (unpaired) electrons. The smallest absolute Gasteiger partial charge is 0.169 e. The van der Waals surface area contributed by atoms with Gasteiger partial charge in [0.1, 0.15) is 5.69 Å². The van der Waals surface area contributed by atoms with E-state index in [1.165, 1.54) is 11.3 Å². The van der Waals surface area contributed by atoms with Crippen molar-refractivity contribution in [1.82, 2.24) is 4.98 Å². The first-order chi connectivity index (χ1) is 7.20. The lowest BCUT2D eigenvalue weighted by Crippen LogP contribution is -1.83. The van der Waals surface area contributed by atoms with Crippen molar-refractivity contribution in [2.75, 3.05) is 0 Å². The summed E-state index contributed by atoms with van der Waals surface area (Å²) in [7, 11) is 0. The van der Waals surface area contributed by atoms with Crippen LogP contribution in [-0.4, -0.2) is 11.3 Å². The molecular formula is C11H8ClNOS. The lowest BCUT2D eigenvalue weighted by atomic mass is 10.2. The summed E-state index contributed by atoms with van der Waals surface area (Å²) in [6.07, 6.45) is 0.778. The molecule has 0 fully saturated rings. The molecule has 0 spiro atoms. The van der Waals surface area contributed by atoms with Crippen LogP contribution in [0.5, 0.6) is 0 Å². The van der Waals surface area contributed by atoms with Gasteiger partial charge < -0.3 is 0 Å². The van der Waals surface area contributed by atoms with E-state index in [1.54, 1.807) is 6.07 Å². The van der Waals surface area contributed by atoms with Crippen LogP contribution in [0.15, 0.2) is 24.3 Å². The van der Waals surface area contributed by atoms with Crippen molar-refractivity contribution in [2.24, 2.45) is 0 Å². The van der Waals surface area contributed by atoms with Crippen molar-refractivity contribution >= 4 is 29.2 Å². The summed E-state index contributed by atoms with van der Waals surface area (Å²) >= 11 is 7.39. The zero-order valence-electron chi connectivity index (χ0n) is 8.03. The molecule has 1 heterocycles. The van der Waals surface area contributed by atoms with Crippen molar-refractivity contribution in [2.45, 2.75) is 6.92 Å². The average Bonchev–Trinajstić information content (AvgIpc) is 2.59. The van der Waals surface area contributed by atoms with Crippen LogP contribution >= 0.6 is 22.9 Å². The monoisotopic (exact) mass is 237 g/mol. The van der Waals surface area contributed by atoms with Crippen LogP contribution in [-0.2, 0) is 0 Å². The Labute approximate surface area is 96.5 Å². The fourth-order valence-corrected chi connectivity index (χ4v) is 2.43. The highest BCUT2D eigenvalue weighted by molar-refractivity contribution is 7.15. The Morgan fingerprint density at radius 1 is 1.47 bits per heavy atom. The Kier molecular flexibility index (Phi) is 2.84. The first-order valence-corrected chi connectivity index (χ1v) is 5.58. The molecule has 0 aliphatic carbocycles. The molecule has 0 N–H and O–H groups in total. The van der Waals surface area contributed by atoms with Gasteiger partial charge in [-0.05, 0) is 24.6 Å². The number of aromatic nitrogens is 1. The van der Waals surface area contributed by atoms with Gasteiger partial charge in [0.15, 0.2) is 6.29 Å². The van der Waals surface area contributed by atoms with E-state index in [2.05, 4.69) is 4.98 Å². The summed E-state index contributed by atoms with van der Waals surface area (Å²) in [5.41, 5.74) is 1.43. The fourth-order valence-electron chi connectivity index (χ4n) is 1.36. The summed E-state index contributed by atoms with van der Waals surface area (Å²) in [6, 6.07) is 7.42. The molecule has 15 heavy (non-hydrogen) atoms. The molecule has 76 valence electrons. The number of hydrogen-bond donors (Lipinski definition) is 0. The van der Waals surface area contributed by atoms with E-state index in [4.69, 9.17) is 11.6 Å². The molecule has 0 bridgehead atoms. The van der Waals surface area contributed by atoms with Gasteiger partial charge in [0.05, 0.1) is 9.88 Å². The van der Waals surface area contributed by atoms with Crippen molar-refractivity contribution in [3.05, 3.63) is 40.0 Å². The molecule has 2 nitrogen and oxygen atoms in total. The van der Waals surface area contributed by atoms with Crippen molar-refractivity contribution in [3.63, 3.8) is 0 Å². The molecule has 0 unspecified atom stereocenters. The second-order valence-electron chi connectivity index (χ2n) is 3.08. The van der Waals surface area contributed by atoms with E-state index in [0.717, 1.165) is 21.7 Å². The topological polar surface area (TPSA) is 30.0 Å². The number of thiazole rings is 1. The van der Waals surface area contributed by atoms with Crippen LogP contribution < -0.4 is 0 Å². The number of rotatable bonds is 2. The minimum atomic E-state index is 0.486. The van der Waals surface area contributed by atoms with Gasteiger partial charge in [0.2, 0.25) is 0 Å². The Morgan fingerprint density at radius 3 is 2.93 bits per heavy atom. The van der Waals surface area contributed by atoms with Gasteiger partial charge in [0.25, 0.3) is 0 Å². The van der Waals surface area contributed by atoms with Crippen LogP contribution in [0.4, 0.5) is 0 Å². The number of carbonyl (C=O) groups excluding carboxylic acids is 1. The van der Waals surface area contributed by atoms with Crippen LogP contribution in [0.3, 0.4) is 0 Å². The maximum absolute atomic E-state index is 10.8. The van der Waals surface area contributed by atoms with Gasteiger partial charge in [-0.2, -0.15) is 0 Å². The number of nitrogens with zero attached hydrogens (tertiary/aromatic N) is 1. The lowest BCUT2D eigenvalue weighted by molar-refractivity contribution is 0.112. The maximum Gasteiger partial charge on any atom is 0.169 e. The Balaban J connectivity index is 2.57. The third kappa shape index (κ3) is 2.08. The van der Waals surface area contributed by atoms with Gasteiger partial charge in [0, 0.05) is 5.02 Å². The number of hydrogen-bond acceptors (Lipinski definition) is 3. The third-order valence-corrected chi connectivity index (χ3v) is 3.23. The number of aldehydes is 1. The second-order valence-corrected chi connectivity index (χ2v) is 4.72. The highest BCUT2D eigenvalue weighted by Gasteiger charge is 2.10. The van der Waals surface area contributed by atoms with E-state index >= 15 is 0 Å². The zero-order chi connectivity index (χ0) is 10.8. The summed E-state index contributed by atoms with van der Waals surface area (Å²) in [6.45, 7) is 1.88. The Hall–Kier alpha value is -1.19. The van der Waals surface area contributed by atoms with Gasteiger partial charge in [-0.25, -0.2) is 4.98 Å². The fraction of sp³-hybridized carbons (Fsp3) is 0.0909. The first kappa shape index (κ1) is 10.3. The van der Waals surface area contributed by atoms with Gasteiger partial charge >= 0.3 is 0 Å². The number of aryl methyl sites for hydroxylation is 1. The van der Waals surface area contributed by atoms with E-state index in [-0.39, 0.29) is 0 Å². The minimum absolute atomic E-state index is 0.486. The van der Waals surface area contributed by atoms with E-state index in [9.17, 15) is 4.79 Å². The average molecular weight is 238 g/mol. The van der Waals surface area contributed by atoms with Crippen molar-refractivity contribution < 1.29 is 4.79 Å². The largest absolute Gasteiger partial charge is 0.296 e. The van der Waals surface area contributed by atoms with E-state index < -0.39 is 0 Å². The zero-order valence-corrected chi connectivity index (χ0v) is 9.60. The first-order valence-electron chi connectivity index (χ1n) is 4.39. The summed E-state index contributed by atoms with van der Waals surface area (Å²) in [4.78, 5) is 15.8. The second kappa shape index (κ2) is 4.13. The Bertz CT molecular complexity index is 507. The maximum atomic E-state index is 10.8. The highest BCUT2D eigenvalue weighted by Crippen LogP contribution is 2.30. The number of halogens is 1. The van der Waals surface area contributed by atoms with Crippen LogP contribution in [0.25, 0.3) is 10.4 Å². The molecule has 1 aromatic carbocycles. The summed E-state index contributed by atoms with van der Waals surface area (Å²) in [5.74, 6) is 0. The lowest BCUT2D eigenvalue weighted by Gasteiger charge is -1.97. The molecule has 0 aliphatic heterocycles. The third-order valence-electron chi connectivity index (χ3n) is 1.96. The standard InChI is InChI=1S/C11H8ClNOS/c1-7-13-10(6-14)11(15-7)8-3-2-4-9(12)5-8/h2-6H,1H3. The van der Waals surface area contributed by atoms with Crippen LogP contribution in [0.1, 0.15) is 15.5 Å². The molecule has 0 atom stereocenters. The molecule has 1 aromatic heterocycles. The molecule has 0 amide bonds. The summed E-state index contributed by atoms with van der Waals surface area (Å²) in [5, 5.41) is 1.54. The molecule has 4 heteroatoms. The van der Waals surface area contributed by atoms with Crippen LogP contribution in [0, 0.1) is 6.92 Å². The highest BCUT2D eigenvalue weighted by atomic mass is 35.5. The number of benzene rings is 1. The van der Waals surface area contributed by atoms with Gasteiger partial charge in [-0.3, -0.25) is 4.79 Å². The van der Waals surface area contributed by atoms with Gasteiger partial charge in [-0.1, -0.05) is 23.7 Å². The molecule has 2 aromatic rings. The quantitative estimate of drug-likeness (QED) is 0.748. The molecule has 2 rings (SSSR count). The SMILES string of the molecule is Cc1nc(C=O)c(-c2cccc(Cl)c2)s1. The minimum Gasteiger partial charge on any atom is -0.296 e. The predicted octanol–water partition coefficient (Wildman–Crippen LogP) is 3.58. The predicted molar refractivity (Wildman–Crippen MR) is 62.7 cm³/mol. The molecule has 0 aliphatic rings. The molecule has 0 saturated heterocycles. The van der Waals surface area contributed by atoms with E-state index in [1.807, 2.05) is 25.1 Å². The number of carbonyl (C=O) groups is 1. The van der Waals surface area contributed by atoms with E-state index in [0.29, 0.717) is 10.7 Å². The van der Waals surface area contributed by atoms with Crippen LogP contribution in [0.2, 0.25) is 5.02 Å². The summed E-state index contributed by atoms with van der Waals surface area (Å²) < 4.78 is 0. The molecular weight excluding hydrogens is 230 g/mol.